The van der Waals surface area contributed by atoms with Gasteiger partial charge in [-0.05, 0) is 64.2 Å². The summed E-state index contributed by atoms with van der Waals surface area (Å²) in [5.74, 6) is 2.07. The van der Waals surface area contributed by atoms with Crippen molar-refractivity contribution in [3.63, 3.8) is 0 Å². The zero-order chi connectivity index (χ0) is 34.7. The summed E-state index contributed by atoms with van der Waals surface area (Å²) in [7, 11) is 0. The molecule has 0 aliphatic heterocycles. The Hall–Kier alpha value is -5.55. The van der Waals surface area contributed by atoms with E-state index in [-0.39, 0.29) is 26.5 Å². The molecule has 6 aromatic carbocycles. The van der Waals surface area contributed by atoms with Crippen LogP contribution in [0.2, 0.25) is 0 Å². The summed E-state index contributed by atoms with van der Waals surface area (Å²) in [6.45, 7) is 6.68. The largest absolute Gasteiger partial charge is 2.00 e. The first kappa shape index (κ1) is 32.1. The molecule has 53 heavy (non-hydrogen) atoms. The van der Waals surface area contributed by atoms with Gasteiger partial charge in [-0.25, -0.2) is 4.98 Å². The van der Waals surface area contributed by atoms with Crippen LogP contribution in [0, 0.1) is 12.1 Å². The van der Waals surface area contributed by atoms with Gasteiger partial charge in [0, 0.05) is 48.9 Å². The fraction of sp³-hybridized carbons (Fsp3) is 0.0870. The van der Waals surface area contributed by atoms with Crippen LogP contribution in [-0.2, 0) is 26.5 Å². The average Bonchev–Trinajstić information content (AvgIpc) is 3.84. The Morgan fingerprint density at radius 2 is 1.38 bits per heavy atom. The van der Waals surface area contributed by atoms with Gasteiger partial charge >= 0.3 is 21.1 Å². The predicted molar refractivity (Wildman–Crippen MR) is 216 cm³/mol. The number of fused-ring (bicyclic) bond motifs is 15. The number of ether oxygens (including phenoxy) is 1. The Morgan fingerprint density at radius 1 is 0.660 bits per heavy atom. The van der Waals surface area contributed by atoms with Crippen LogP contribution in [0.1, 0.15) is 26.3 Å². The number of hydrogen-bond donors (Lipinski definition) is 0. The molecule has 5 nitrogen and oxygen atoms in total. The maximum atomic E-state index is 6.63. The van der Waals surface area contributed by atoms with Crippen molar-refractivity contribution in [1.82, 2.24) is 18.9 Å². The maximum Gasteiger partial charge on any atom is 2.00 e. The van der Waals surface area contributed by atoms with Gasteiger partial charge in [-0.1, -0.05) is 97.7 Å². The summed E-state index contributed by atoms with van der Waals surface area (Å²) in [5, 5.41) is 7.93. The van der Waals surface area contributed by atoms with Gasteiger partial charge in [0.05, 0.1) is 16.7 Å². The number of aromatic nitrogens is 4. The van der Waals surface area contributed by atoms with Gasteiger partial charge in [0.1, 0.15) is 5.82 Å². The monoisotopic (exact) mass is 881 g/mol. The summed E-state index contributed by atoms with van der Waals surface area (Å²) in [4.78, 5) is 10.0. The molecular weight excluding hydrogens is 852 g/mol. The minimum absolute atomic E-state index is 0. The first-order valence-corrected chi connectivity index (χ1v) is 18.3. The minimum atomic E-state index is -0.0126. The summed E-state index contributed by atoms with van der Waals surface area (Å²) in [5.41, 5.74) is 7.26. The van der Waals surface area contributed by atoms with Crippen molar-refractivity contribution in [2.75, 3.05) is 0 Å². The van der Waals surface area contributed by atoms with E-state index in [4.69, 9.17) is 14.7 Å². The SMILES string of the molecule is CC(C)(C)c1ccnc(-n2c3[c-]c(Oc4[c-]c5c(cc4)c4ccc6sc7ccccc7c6c4n4c6ccccc6nc54)ccc3c3ccccc32)c1.[Pt+2]. The topological polar surface area (TPSA) is 44.4 Å². The number of nitrogens with zero attached hydrogens (tertiary/aromatic N) is 4. The van der Waals surface area contributed by atoms with E-state index in [9.17, 15) is 0 Å². The fourth-order valence-electron chi connectivity index (χ4n) is 7.90. The molecule has 0 aliphatic rings. The van der Waals surface area contributed by atoms with E-state index in [2.05, 4.69) is 145 Å². The molecule has 5 heterocycles. The van der Waals surface area contributed by atoms with Crippen molar-refractivity contribution in [2.24, 2.45) is 0 Å². The molecule has 0 saturated heterocycles. The zero-order valence-electron chi connectivity index (χ0n) is 29.0. The maximum absolute atomic E-state index is 6.63. The van der Waals surface area contributed by atoms with Gasteiger partial charge in [0.2, 0.25) is 0 Å². The van der Waals surface area contributed by atoms with E-state index in [0.29, 0.717) is 11.5 Å². The summed E-state index contributed by atoms with van der Waals surface area (Å²) < 4.78 is 13.7. The third kappa shape index (κ3) is 4.79. The van der Waals surface area contributed by atoms with Crippen LogP contribution in [0.15, 0.2) is 128 Å². The van der Waals surface area contributed by atoms with Crippen LogP contribution in [0.5, 0.6) is 11.5 Å². The molecule has 0 fully saturated rings. The van der Waals surface area contributed by atoms with Crippen LogP contribution < -0.4 is 4.74 Å². The van der Waals surface area contributed by atoms with Crippen LogP contribution in [0.3, 0.4) is 0 Å². The molecule has 0 radical (unpaired) electrons. The number of thiophene rings is 1. The number of benzene rings is 6. The van der Waals surface area contributed by atoms with E-state index in [1.54, 1.807) is 0 Å². The molecule has 0 spiro atoms. The molecule has 0 aliphatic carbocycles. The van der Waals surface area contributed by atoms with Gasteiger partial charge in [-0.15, -0.1) is 41.0 Å². The first-order valence-electron chi connectivity index (χ1n) is 17.5. The quantitative estimate of drug-likeness (QED) is 0.131. The van der Waals surface area contributed by atoms with Gasteiger partial charge < -0.3 is 13.7 Å². The van der Waals surface area contributed by atoms with E-state index < -0.39 is 0 Å². The normalized spacial score (nSPS) is 12.3. The molecule has 7 heteroatoms. The second kappa shape index (κ2) is 11.7. The number of pyridine rings is 2. The number of rotatable bonds is 3. The molecule has 0 atom stereocenters. The Balaban J connectivity index is 0.00000349. The van der Waals surface area contributed by atoms with E-state index in [1.807, 2.05) is 35.7 Å². The van der Waals surface area contributed by atoms with Gasteiger partial charge in [0.15, 0.2) is 0 Å². The Labute approximate surface area is 323 Å². The van der Waals surface area contributed by atoms with E-state index >= 15 is 0 Å². The molecule has 0 N–H and O–H groups in total. The summed E-state index contributed by atoms with van der Waals surface area (Å²) in [6.07, 6.45) is 1.90. The van der Waals surface area contributed by atoms with Crippen molar-refractivity contribution in [1.29, 1.82) is 0 Å². The second-order valence-electron chi connectivity index (χ2n) is 14.5. The first-order chi connectivity index (χ1) is 25.4. The van der Waals surface area contributed by atoms with Crippen molar-refractivity contribution in [3.8, 4) is 17.3 Å². The van der Waals surface area contributed by atoms with E-state index in [1.165, 1.54) is 31.3 Å². The van der Waals surface area contributed by atoms with Gasteiger partial charge in [0.25, 0.3) is 0 Å². The fourth-order valence-corrected chi connectivity index (χ4v) is 9.01. The molecule has 5 aromatic heterocycles. The Kier molecular flexibility index (Phi) is 7.11. The zero-order valence-corrected chi connectivity index (χ0v) is 32.1. The second-order valence-corrected chi connectivity index (χ2v) is 15.6. The van der Waals surface area contributed by atoms with Crippen LogP contribution in [0.4, 0.5) is 0 Å². The Bertz CT molecular complexity index is 3280. The summed E-state index contributed by atoms with van der Waals surface area (Å²) in [6, 6.07) is 49.9. The van der Waals surface area contributed by atoms with Gasteiger partial charge in [-0.2, -0.15) is 6.07 Å². The Morgan fingerprint density at radius 3 is 2.23 bits per heavy atom. The standard InChI is InChI=1S/C46H30N4OS.Pt/c1-46(2,3)27-22-23-47-42(24-27)49-37-13-7-4-10-31(37)32-19-17-29(26-39(32)49)51-28-16-18-30-33-20-21-41-43(34-11-5-9-15-40(34)52-41)44(33)50-38-14-8-6-12-36(38)48-45(50)35(30)25-28;/h4-24H,1-3H3;/q-2;+2. The number of para-hydroxylation sites is 3. The summed E-state index contributed by atoms with van der Waals surface area (Å²) >= 11 is 1.83. The van der Waals surface area contributed by atoms with Crippen LogP contribution in [0.25, 0.3) is 86.2 Å². The molecule has 11 aromatic rings. The average molecular weight is 882 g/mol. The molecule has 0 amide bonds. The number of hydrogen-bond acceptors (Lipinski definition) is 4. The van der Waals surface area contributed by atoms with E-state index in [0.717, 1.165) is 60.5 Å². The van der Waals surface area contributed by atoms with Crippen molar-refractivity contribution in [3.05, 3.63) is 145 Å². The van der Waals surface area contributed by atoms with Crippen LogP contribution >= 0.6 is 11.3 Å². The van der Waals surface area contributed by atoms with Crippen molar-refractivity contribution >= 4 is 91.7 Å². The molecule has 0 unspecified atom stereocenters. The molecule has 0 saturated carbocycles. The minimum Gasteiger partial charge on any atom is -0.503 e. The molecule has 11 rings (SSSR count). The molecule has 256 valence electrons. The van der Waals surface area contributed by atoms with Crippen LogP contribution in [-0.4, -0.2) is 18.9 Å². The molecular formula is C46H30N4OPtS. The molecule has 0 bridgehead atoms. The van der Waals surface area contributed by atoms with Crippen molar-refractivity contribution in [2.45, 2.75) is 26.2 Å². The van der Waals surface area contributed by atoms with Crippen molar-refractivity contribution < 1.29 is 25.8 Å². The smallest absolute Gasteiger partial charge is 0.503 e. The number of imidazole rings is 1. The third-order valence-electron chi connectivity index (χ3n) is 10.4. The predicted octanol–water partition coefficient (Wildman–Crippen LogP) is 12.3. The third-order valence-corrected chi connectivity index (χ3v) is 11.5. The van der Waals surface area contributed by atoms with Gasteiger partial charge in [-0.3, -0.25) is 4.98 Å².